The predicted octanol–water partition coefficient (Wildman–Crippen LogP) is 1.05. The summed E-state index contributed by atoms with van der Waals surface area (Å²) in [5.74, 6) is -0.928. The van der Waals surface area contributed by atoms with Gasteiger partial charge in [0.2, 0.25) is 0 Å². The minimum absolute atomic E-state index is 0.270. The van der Waals surface area contributed by atoms with Gasteiger partial charge in [0.15, 0.2) is 0 Å². The Morgan fingerprint density at radius 1 is 1.38 bits per heavy atom. The molecule has 2 N–H and O–H groups in total. The van der Waals surface area contributed by atoms with Crippen molar-refractivity contribution in [1.29, 1.82) is 0 Å². The van der Waals surface area contributed by atoms with E-state index in [1.165, 1.54) is 6.33 Å². The molecule has 1 aromatic heterocycles. The van der Waals surface area contributed by atoms with Gasteiger partial charge < -0.3 is 10.4 Å². The number of nitrogens with zero attached hydrogens (tertiary/aromatic N) is 3. The molecule has 0 radical (unpaired) electrons. The molecule has 2 rings (SSSR count). The molecule has 6 nitrogen and oxygen atoms in total. The third-order valence-electron chi connectivity index (χ3n) is 2.04. The van der Waals surface area contributed by atoms with Gasteiger partial charge in [0.05, 0.1) is 5.56 Å². The monoisotopic (exact) mass is 218 g/mol. The second kappa shape index (κ2) is 4.43. The van der Waals surface area contributed by atoms with Crippen molar-refractivity contribution in [3.63, 3.8) is 0 Å². The molecule has 0 aliphatic carbocycles. The fraction of sp³-hybridized carbons (Fsp3) is 0.100. The largest absolute Gasteiger partial charge is 0.478 e. The minimum Gasteiger partial charge on any atom is -0.478 e. The van der Waals surface area contributed by atoms with Crippen molar-refractivity contribution < 1.29 is 9.90 Å². The van der Waals surface area contributed by atoms with E-state index in [-0.39, 0.29) is 5.56 Å². The van der Waals surface area contributed by atoms with E-state index < -0.39 is 5.97 Å². The number of hydrogen-bond acceptors (Lipinski definition) is 4. The number of benzene rings is 1. The number of rotatable bonds is 4. The summed E-state index contributed by atoms with van der Waals surface area (Å²) in [4.78, 5) is 14.4. The molecule has 0 aliphatic rings. The zero-order valence-corrected chi connectivity index (χ0v) is 8.37. The molecule has 1 heterocycles. The number of anilines is 1. The van der Waals surface area contributed by atoms with Crippen molar-refractivity contribution in [2.75, 3.05) is 5.32 Å². The highest BCUT2D eigenvalue weighted by atomic mass is 16.4. The Labute approximate surface area is 91.6 Å². The van der Waals surface area contributed by atoms with Crippen LogP contribution in [0.2, 0.25) is 0 Å². The zero-order valence-electron chi connectivity index (χ0n) is 8.37. The first-order chi connectivity index (χ1) is 7.75. The van der Waals surface area contributed by atoms with Crippen molar-refractivity contribution in [1.82, 2.24) is 14.8 Å². The molecule has 0 fully saturated rings. The Morgan fingerprint density at radius 2 is 2.12 bits per heavy atom. The maximum atomic E-state index is 10.6. The summed E-state index contributed by atoms with van der Waals surface area (Å²) in [7, 11) is 0. The molecule has 6 heteroatoms. The third kappa shape index (κ3) is 2.35. The lowest BCUT2D eigenvalue weighted by atomic mass is 10.2. The Balaban J connectivity index is 1.98. The summed E-state index contributed by atoms with van der Waals surface area (Å²) in [5, 5.41) is 15.7. The van der Waals surface area contributed by atoms with Crippen LogP contribution in [0.5, 0.6) is 0 Å². The van der Waals surface area contributed by atoms with E-state index in [1.54, 1.807) is 35.3 Å². The smallest absolute Gasteiger partial charge is 0.335 e. The van der Waals surface area contributed by atoms with Crippen LogP contribution in [-0.4, -0.2) is 25.8 Å². The maximum absolute atomic E-state index is 10.6. The molecule has 0 atom stereocenters. The van der Waals surface area contributed by atoms with Crippen LogP contribution in [0.3, 0.4) is 0 Å². The molecule has 0 aliphatic heterocycles. The van der Waals surface area contributed by atoms with Crippen molar-refractivity contribution >= 4 is 11.7 Å². The standard InChI is InChI=1S/C10H10N4O2/c15-10(16)8-1-3-9(4-2-8)12-7-14-6-11-5-13-14/h1-6,12H,7H2,(H,15,16). The molecule has 0 amide bonds. The zero-order chi connectivity index (χ0) is 11.4. The van der Waals surface area contributed by atoms with Crippen molar-refractivity contribution in [3.05, 3.63) is 42.5 Å². The van der Waals surface area contributed by atoms with Gasteiger partial charge in [-0.05, 0) is 24.3 Å². The SMILES string of the molecule is O=C(O)c1ccc(NCn2cncn2)cc1. The molecule has 0 unspecified atom stereocenters. The lowest BCUT2D eigenvalue weighted by molar-refractivity contribution is 0.0697. The number of carbonyl (C=O) groups is 1. The third-order valence-corrected chi connectivity index (χ3v) is 2.04. The van der Waals surface area contributed by atoms with E-state index >= 15 is 0 Å². The topological polar surface area (TPSA) is 80.0 Å². The Morgan fingerprint density at radius 3 is 2.69 bits per heavy atom. The van der Waals surface area contributed by atoms with E-state index in [1.807, 2.05) is 0 Å². The highest BCUT2D eigenvalue weighted by Gasteiger charge is 2.01. The van der Waals surface area contributed by atoms with Crippen LogP contribution in [0, 0.1) is 0 Å². The first kappa shape index (κ1) is 10.2. The highest BCUT2D eigenvalue weighted by Crippen LogP contribution is 2.09. The van der Waals surface area contributed by atoms with Crippen LogP contribution in [0.15, 0.2) is 36.9 Å². The van der Waals surface area contributed by atoms with Gasteiger partial charge in [-0.3, -0.25) is 0 Å². The molecule has 0 bridgehead atoms. The van der Waals surface area contributed by atoms with Gasteiger partial charge >= 0.3 is 5.97 Å². The molecular weight excluding hydrogens is 208 g/mol. The van der Waals surface area contributed by atoms with Gasteiger partial charge in [-0.2, -0.15) is 5.10 Å². The Kier molecular flexibility index (Phi) is 2.81. The van der Waals surface area contributed by atoms with Crippen LogP contribution in [0.25, 0.3) is 0 Å². The molecule has 0 saturated heterocycles. The lowest BCUT2D eigenvalue weighted by Gasteiger charge is -2.05. The number of carboxylic acid groups (broad SMARTS) is 1. The number of aromatic nitrogens is 3. The predicted molar refractivity (Wildman–Crippen MR) is 57.0 cm³/mol. The van der Waals surface area contributed by atoms with Crippen LogP contribution >= 0.6 is 0 Å². The normalized spacial score (nSPS) is 10.0. The Bertz CT molecular complexity index is 464. The second-order valence-corrected chi connectivity index (χ2v) is 3.15. The number of nitrogens with one attached hydrogen (secondary N) is 1. The molecule has 0 spiro atoms. The van der Waals surface area contributed by atoms with Crippen LogP contribution in [-0.2, 0) is 6.67 Å². The summed E-state index contributed by atoms with van der Waals surface area (Å²) >= 11 is 0. The van der Waals surface area contributed by atoms with E-state index in [0.717, 1.165) is 5.69 Å². The summed E-state index contributed by atoms with van der Waals surface area (Å²) in [6.45, 7) is 0.492. The van der Waals surface area contributed by atoms with E-state index in [2.05, 4.69) is 15.4 Å². The molecule has 0 saturated carbocycles. The summed E-state index contributed by atoms with van der Waals surface area (Å²) in [6.07, 6.45) is 3.05. The number of hydrogen-bond donors (Lipinski definition) is 2. The Hall–Kier alpha value is -2.37. The summed E-state index contributed by atoms with van der Waals surface area (Å²) in [6, 6.07) is 6.51. The maximum Gasteiger partial charge on any atom is 0.335 e. The molecule has 82 valence electrons. The van der Waals surface area contributed by atoms with Crippen LogP contribution in [0.4, 0.5) is 5.69 Å². The fourth-order valence-electron chi connectivity index (χ4n) is 1.22. The lowest BCUT2D eigenvalue weighted by Crippen LogP contribution is -2.08. The van der Waals surface area contributed by atoms with E-state index in [0.29, 0.717) is 6.67 Å². The van der Waals surface area contributed by atoms with Crippen LogP contribution in [0.1, 0.15) is 10.4 Å². The van der Waals surface area contributed by atoms with Crippen molar-refractivity contribution in [2.45, 2.75) is 6.67 Å². The quantitative estimate of drug-likeness (QED) is 0.801. The summed E-state index contributed by atoms with van der Waals surface area (Å²) in [5.41, 5.74) is 1.10. The molecule has 16 heavy (non-hydrogen) atoms. The van der Waals surface area contributed by atoms with Gasteiger partial charge in [-0.1, -0.05) is 0 Å². The number of carboxylic acids is 1. The summed E-state index contributed by atoms with van der Waals surface area (Å²) < 4.78 is 1.63. The molecule has 2 aromatic rings. The molecule has 1 aromatic carbocycles. The first-order valence-corrected chi connectivity index (χ1v) is 4.65. The molecular formula is C10H10N4O2. The van der Waals surface area contributed by atoms with Gasteiger partial charge in [0, 0.05) is 5.69 Å². The van der Waals surface area contributed by atoms with Crippen molar-refractivity contribution in [2.24, 2.45) is 0 Å². The fourth-order valence-corrected chi connectivity index (χ4v) is 1.22. The van der Waals surface area contributed by atoms with Gasteiger partial charge in [-0.15, -0.1) is 0 Å². The minimum atomic E-state index is -0.928. The second-order valence-electron chi connectivity index (χ2n) is 3.15. The van der Waals surface area contributed by atoms with E-state index in [4.69, 9.17) is 5.11 Å². The average Bonchev–Trinajstić information content (AvgIpc) is 2.80. The highest BCUT2D eigenvalue weighted by molar-refractivity contribution is 5.87. The van der Waals surface area contributed by atoms with Gasteiger partial charge in [-0.25, -0.2) is 14.5 Å². The van der Waals surface area contributed by atoms with E-state index in [9.17, 15) is 4.79 Å². The first-order valence-electron chi connectivity index (χ1n) is 4.65. The average molecular weight is 218 g/mol. The van der Waals surface area contributed by atoms with Crippen molar-refractivity contribution in [3.8, 4) is 0 Å². The number of aromatic carboxylic acids is 1. The van der Waals surface area contributed by atoms with Gasteiger partial charge in [0.1, 0.15) is 19.3 Å². The van der Waals surface area contributed by atoms with Gasteiger partial charge in [0.25, 0.3) is 0 Å². The van der Waals surface area contributed by atoms with Crippen LogP contribution < -0.4 is 5.32 Å².